The maximum Gasteiger partial charge on any atom is 0.277 e. The lowest BCUT2D eigenvalue weighted by Crippen LogP contribution is -2.57. The van der Waals surface area contributed by atoms with E-state index in [1.807, 2.05) is 6.07 Å². The first kappa shape index (κ1) is 25.0. The van der Waals surface area contributed by atoms with Crippen LogP contribution in [0.15, 0.2) is 60.4 Å². The third kappa shape index (κ3) is 3.91. The van der Waals surface area contributed by atoms with Crippen molar-refractivity contribution in [3.05, 3.63) is 75.9 Å². The fourth-order valence-corrected chi connectivity index (χ4v) is 6.95. The van der Waals surface area contributed by atoms with Crippen LogP contribution in [-0.4, -0.2) is 16.4 Å². The zero-order valence-electron chi connectivity index (χ0n) is 16.5. The lowest BCUT2D eigenvalue weighted by atomic mass is 10.2. The van der Waals surface area contributed by atoms with Crippen molar-refractivity contribution >= 4 is 106 Å². The van der Waals surface area contributed by atoms with Crippen LogP contribution in [0.3, 0.4) is 0 Å². The van der Waals surface area contributed by atoms with E-state index in [1.165, 1.54) is 23.5 Å². The molecule has 0 radical (unpaired) electrons. The second-order valence-corrected chi connectivity index (χ2v) is 10.6. The van der Waals surface area contributed by atoms with Crippen LogP contribution in [0, 0.1) is 22.7 Å². The van der Waals surface area contributed by atoms with Crippen LogP contribution < -0.4 is 15.4 Å². The number of aromatic amines is 1. The van der Waals surface area contributed by atoms with Gasteiger partial charge in [0, 0.05) is 20.2 Å². The molecule has 0 fully saturated rings. The largest absolute Gasteiger partial charge is 0.349 e. The molecule has 0 bridgehead atoms. The quantitative estimate of drug-likeness (QED) is 0.277. The van der Waals surface area contributed by atoms with Gasteiger partial charge in [-0.3, -0.25) is 5.10 Å². The van der Waals surface area contributed by atoms with Gasteiger partial charge in [-0.25, -0.2) is 0 Å². The summed E-state index contributed by atoms with van der Waals surface area (Å²) in [5, 5.41) is 33.5. The van der Waals surface area contributed by atoms with E-state index in [1.54, 1.807) is 18.2 Å². The number of nitrogens with one attached hydrogen (secondary N) is 1. The second kappa shape index (κ2) is 9.51. The number of benzene rings is 2. The molecule has 3 N–H and O–H groups in total. The first-order valence-electron chi connectivity index (χ1n) is 9.05. The molecule has 4 rings (SSSR count). The van der Waals surface area contributed by atoms with E-state index in [-0.39, 0.29) is 32.8 Å². The standard InChI is InChI=1S/C20H9Br3Cl3N8/c21-11-1-14(23)18(16(26)2-11)34(19(29)9(5-27)8-31-34)33(20-10(6-28)7-30-32-20)17-13(22)3-12(24)4-15(17)25/h1-4,7-8H,29H2,(H,30,32)/q+1. The minimum absolute atomic E-state index is 0.00257. The van der Waals surface area contributed by atoms with Gasteiger partial charge < -0.3 is 5.73 Å². The number of allylic oxidation sites excluding steroid dienone is 1. The zero-order chi connectivity index (χ0) is 24.8. The summed E-state index contributed by atoms with van der Waals surface area (Å²) in [6.45, 7) is 0. The SMILES string of the molecule is N#CC1=C(N)[N+](c2c(Cl)cc(Br)cc2Br)(N(c2n[nH]cc2C#N)c2c(Cl)cc(Cl)cc2Br)N=C1. The first-order valence-corrected chi connectivity index (χ1v) is 12.6. The average Bonchev–Trinajstić information content (AvgIpc) is 3.35. The highest BCUT2D eigenvalue weighted by atomic mass is 79.9. The number of halogens is 6. The molecule has 3 aromatic rings. The van der Waals surface area contributed by atoms with Crippen molar-refractivity contribution in [2.45, 2.75) is 0 Å². The van der Waals surface area contributed by atoms with Crippen LogP contribution >= 0.6 is 82.6 Å². The van der Waals surface area contributed by atoms with Crippen LogP contribution in [0.1, 0.15) is 5.56 Å². The summed E-state index contributed by atoms with van der Waals surface area (Å²) in [5.41, 5.74) is 7.52. The topological polar surface area (TPSA) is 118 Å². The molecule has 0 saturated carbocycles. The van der Waals surface area contributed by atoms with Crippen molar-refractivity contribution in [2.24, 2.45) is 10.8 Å². The summed E-state index contributed by atoms with van der Waals surface area (Å²) in [6, 6.07) is 10.7. The van der Waals surface area contributed by atoms with E-state index in [4.69, 9.17) is 40.5 Å². The van der Waals surface area contributed by atoms with Gasteiger partial charge in [0.25, 0.3) is 5.82 Å². The number of hydrogen-bond donors (Lipinski definition) is 2. The van der Waals surface area contributed by atoms with Gasteiger partial charge in [-0.05, 0) is 65.9 Å². The van der Waals surface area contributed by atoms with Gasteiger partial charge in [-0.1, -0.05) is 50.7 Å². The predicted octanol–water partition coefficient (Wildman–Crippen LogP) is 7.28. The molecule has 170 valence electrons. The van der Waals surface area contributed by atoms with Gasteiger partial charge in [0.2, 0.25) is 11.5 Å². The Bertz CT molecular complexity index is 1440. The normalized spacial score (nSPS) is 17.1. The molecule has 0 aliphatic carbocycles. The first-order chi connectivity index (χ1) is 16.1. The lowest BCUT2D eigenvalue weighted by molar-refractivity contribution is 0.363. The molecule has 2 heterocycles. The minimum atomic E-state index is -0.699. The third-order valence-electron chi connectivity index (χ3n) is 4.80. The van der Waals surface area contributed by atoms with Crippen LogP contribution in [-0.2, 0) is 0 Å². The molecule has 34 heavy (non-hydrogen) atoms. The van der Waals surface area contributed by atoms with Gasteiger partial charge in [0.15, 0.2) is 5.57 Å². The smallest absolute Gasteiger partial charge is 0.277 e. The summed E-state index contributed by atoms with van der Waals surface area (Å²) in [4.78, 5) is 0. The van der Waals surface area contributed by atoms with Gasteiger partial charge in [-0.15, -0.1) is 5.01 Å². The maximum atomic E-state index is 9.81. The molecule has 0 spiro atoms. The number of anilines is 2. The summed E-state index contributed by atoms with van der Waals surface area (Å²) in [6.07, 6.45) is 2.74. The number of nitrogens with zero attached hydrogens (tertiary/aromatic N) is 6. The summed E-state index contributed by atoms with van der Waals surface area (Å²) in [5.74, 6) is 0.120. The van der Waals surface area contributed by atoms with Crippen molar-refractivity contribution in [3.8, 4) is 12.1 Å². The molecule has 1 aliphatic rings. The summed E-state index contributed by atoms with van der Waals surface area (Å²) in [7, 11) is 0. The Labute approximate surface area is 233 Å². The Kier molecular flexibility index (Phi) is 7.00. The van der Waals surface area contributed by atoms with Gasteiger partial charge in [0.05, 0.1) is 9.50 Å². The van der Waals surface area contributed by atoms with Crippen molar-refractivity contribution in [1.29, 1.82) is 10.5 Å². The molecule has 1 atom stereocenters. The highest BCUT2D eigenvalue weighted by Crippen LogP contribution is 2.52. The molecule has 0 amide bonds. The minimum Gasteiger partial charge on any atom is -0.349 e. The summed E-state index contributed by atoms with van der Waals surface area (Å²) >= 11 is 30.1. The molecule has 0 saturated heterocycles. The average molecular weight is 707 g/mol. The highest BCUT2D eigenvalue weighted by molar-refractivity contribution is 9.11. The third-order valence-corrected chi connectivity index (χ3v) is 7.27. The maximum absolute atomic E-state index is 9.81. The van der Waals surface area contributed by atoms with E-state index in [0.717, 1.165) is 0 Å². The van der Waals surface area contributed by atoms with E-state index in [0.29, 0.717) is 29.8 Å². The zero-order valence-corrected chi connectivity index (χ0v) is 23.5. The van der Waals surface area contributed by atoms with Crippen LogP contribution in [0.5, 0.6) is 0 Å². The van der Waals surface area contributed by atoms with E-state index in [9.17, 15) is 10.5 Å². The van der Waals surface area contributed by atoms with Crippen LogP contribution in [0.2, 0.25) is 15.1 Å². The fraction of sp³-hybridized carbons (Fsp3) is 0. The highest BCUT2D eigenvalue weighted by Gasteiger charge is 2.54. The monoisotopic (exact) mass is 703 g/mol. The second-order valence-electron chi connectivity index (χ2n) is 6.74. The molecule has 1 aromatic heterocycles. The van der Waals surface area contributed by atoms with E-state index < -0.39 is 4.70 Å². The summed E-state index contributed by atoms with van der Waals surface area (Å²) < 4.78 is 0.945. The number of H-pyrrole nitrogens is 1. The fourth-order valence-electron chi connectivity index (χ4n) is 3.44. The predicted molar refractivity (Wildman–Crippen MR) is 144 cm³/mol. The van der Waals surface area contributed by atoms with Crippen molar-refractivity contribution in [3.63, 3.8) is 0 Å². The molecule has 1 unspecified atom stereocenters. The van der Waals surface area contributed by atoms with Crippen molar-refractivity contribution < 1.29 is 0 Å². The number of hydrogen-bond acceptors (Lipinski definition) is 6. The number of nitrogens with two attached hydrogens (primary N) is 1. The van der Waals surface area contributed by atoms with Gasteiger partial charge >= 0.3 is 0 Å². The number of quaternary nitrogens is 1. The number of nitriles is 2. The van der Waals surface area contributed by atoms with E-state index in [2.05, 4.69) is 69.2 Å². The molecular weight excluding hydrogens is 698 g/mol. The molecule has 1 aliphatic heterocycles. The van der Waals surface area contributed by atoms with E-state index >= 15 is 0 Å². The Morgan fingerprint density at radius 1 is 1.00 bits per heavy atom. The van der Waals surface area contributed by atoms with Gasteiger partial charge in [-0.2, -0.15) is 15.6 Å². The Morgan fingerprint density at radius 2 is 1.74 bits per heavy atom. The Balaban J connectivity index is 2.23. The lowest BCUT2D eigenvalue weighted by Gasteiger charge is -2.39. The van der Waals surface area contributed by atoms with Crippen LogP contribution in [0.4, 0.5) is 17.2 Å². The number of rotatable bonds is 4. The number of aromatic nitrogens is 2. The van der Waals surface area contributed by atoms with Crippen molar-refractivity contribution in [2.75, 3.05) is 5.01 Å². The molecular formula is C20H9Br3Cl3N8+. The molecule has 8 nitrogen and oxygen atoms in total. The van der Waals surface area contributed by atoms with Crippen molar-refractivity contribution in [1.82, 2.24) is 14.9 Å². The Morgan fingerprint density at radius 3 is 2.32 bits per heavy atom. The van der Waals surface area contributed by atoms with Crippen LogP contribution in [0.25, 0.3) is 0 Å². The van der Waals surface area contributed by atoms with Gasteiger partial charge in [0.1, 0.15) is 34.6 Å². The molecule has 2 aromatic carbocycles. The molecule has 14 heteroatoms. The Hall–Kier alpha value is -2.09.